The van der Waals surface area contributed by atoms with Crippen molar-refractivity contribution in [3.8, 4) is 0 Å². The number of aliphatic hydroxyl groups is 1. The minimum absolute atomic E-state index is 0.156. The van der Waals surface area contributed by atoms with Crippen molar-refractivity contribution in [1.29, 1.82) is 0 Å². The number of aliphatic hydroxyl groups excluding tert-OH is 1. The molecular weight excluding hydrogens is 314 g/mol. The number of rotatable bonds is 6. The second-order valence-electron chi connectivity index (χ2n) is 5.54. The molecule has 1 heterocycles. The molecule has 0 radical (unpaired) electrons. The number of hydrogen-bond acceptors (Lipinski definition) is 3. The lowest BCUT2D eigenvalue weighted by Crippen LogP contribution is -2.29. The lowest BCUT2D eigenvalue weighted by Gasteiger charge is -2.14. The second-order valence-corrected chi connectivity index (χ2v) is 5.92. The van der Waals surface area contributed by atoms with Crippen LogP contribution in [0.3, 0.4) is 0 Å². The van der Waals surface area contributed by atoms with Gasteiger partial charge in [-0.1, -0.05) is 24.3 Å². The third-order valence-electron chi connectivity index (χ3n) is 3.91. The van der Waals surface area contributed by atoms with E-state index in [-0.39, 0.29) is 12.5 Å². The summed E-state index contributed by atoms with van der Waals surface area (Å²) in [6, 6.07) is 7.59. The molecule has 0 saturated carbocycles. The zero-order valence-electron chi connectivity index (χ0n) is 13.6. The molecule has 23 heavy (non-hydrogen) atoms. The van der Waals surface area contributed by atoms with Gasteiger partial charge in [-0.15, -0.1) is 11.6 Å². The fraction of sp³-hybridized carbons (Fsp3) is 0.412. The maximum atomic E-state index is 12.4. The molecule has 2 aromatic rings. The van der Waals surface area contributed by atoms with Gasteiger partial charge in [-0.05, 0) is 31.9 Å². The van der Waals surface area contributed by atoms with Crippen LogP contribution >= 0.6 is 11.6 Å². The van der Waals surface area contributed by atoms with E-state index in [0.29, 0.717) is 23.7 Å². The van der Waals surface area contributed by atoms with E-state index in [1.165, 1.54) is 0 Å². The van der Waals surface area contributed by atoms with Gasteiger partial charge in [0.25, 0.3) is 5.91 Å². The number of nitrogens with zero attached hydrogens (tertiary/aromatic N) is 2. The first-order chi connectivity index (χ1) is 11.0. The van der Waals surface area contributed by atoms with Gasteiger partial charge in [0.15, 0.2) is 0 Å². The summed E-state index contributed by atoms with van der Waals surface area (Å²) in [4.78, 5) is 12.4. The molecule has 0 aliphatic rings. The zero-order chi connectivity index (χ0) is 17.0. The number of aryl methyl sites for hydroxylation is 3. The first-order valence-corrected chi connectivity index (χ1v) is 8.11. The Labute approximate surface area is 141 Å². The first-order valence-electron chi connectivity index (χ1n) is 7.57. The molecule has 1 amide bonds. The van der Waals surface area contributed by atoms with Crippen molar-refractivity contribution in [3.05, 3.63) is 52.3 Å². The van der Waals surface area contributed by atoms with Gasteiger partial charge in [-0.3, -0.25) is 9.48 Å². The van der Waals surface area contributed by atoms with E-state index in [2.05, 4.69) is 10.4 Å². The van der Waals surface area contributed by atoms with Crippen molar-refractivity contribution in [2.45, 2.75) is 33.4 Å². The van der Waals surface area contributed by atoms with Crippen LogP contribution in [0.15, 0.2) is 24.3 Å². The summed E-state index contributed by atoms with van der Waals surface area (Å²) in [6.45, 7) is 6.30. The number of nitrogens with one attached hydrogen (secondary N) is 1. The largest absolute Gasteiger partial charge is 0.387 e. The number of aromatic nitrogens is 2. The summed E-state index contributed by atoms with van der Waals surface area (Å²) in [5, 5.41) is 17.4. The summed E-state index contributed by atoms with van der Waals surface area (Å²) in [5.74, 6) is 0.211. The molecule has 1 atom stereocenters. The predicted molar refractivity (Wildman–Crippen MR) is 90.9 cm³/mol. The fourth-order valence-corrected chi connectivity index (χ4v) is 2.83. The highest BCUT2D eigenvalue weighted by Gasteiger charge is 2.19. The SMILES string of the molecule is Cc1ccccc1C(O)CNC(=O)c1c(C)nn(CCCl)c1C. The molecule has 0 spiro atoms. The molecule has 0 aliphatic carbocycles. The molecule has 6 heteroatoms. The Morgan fingerprint density at radius 2 is 2.04 bits per heavy atom. The third-order valence-corrected chi connectivity index (χ3v) is 4.08. The predicted octanol–water partition coefficient (Wildman–Crippen LogP) is 2.51. The Balaban J connectivity index is 2.07. The van der Waals surface area contributed by atoms with Crippen molar-refractivity contribution in [3.63, 3.8) is 0 Å². The number of hydrogen-bond donors (Lipinski definition) is 2. The summed E-state index contributed by atoms with van der Waals surface area (Å²) >= 11 is 5.74. The average molecular weight is 336 g/mol. The minimum Gasteiger partial charge on any atom is -0.387 e. The van der Waals surface area contributed by atoms with E-state index in [4.69, 9.17) is 11.6 Å². The van der Waals surface area contributed by atoms with E-state index in [0.717, 1.165) is 16.8 Å². The summed E-state index contributed by atoms with van der Waals surface area (Å²) in [7, 11) is 0. The first kappa shape index (κ1) is 17.5. The lowest BCUT2D eigenvalue weighted by atomic mass is 10.0. The van der Waals surface area contributed by atoms with Crippen LogP contribution in [0.5, 0.6) is 0 Å². The van der Waals surface area contributed by atoms with Gasteiger partial charge in [-0.25, -0.2) is 0 Å². The minimum atomic E-state index is -0.737. The Bertz CT molecular complexity index is 697. The molecule has 1 aromatic heterocycles. The van der Waals surface area contributed by atoms with E-state index in [1.807, 2.05) is 38.1 Å². The van der Waals surface area contributed by atoms with Gasteiger partial charge in [0.05, 0.1) is 23.9 Å². The van der Waals surface area contributed by atoms with Gasteiger partial charge in [0.1, 0.15) is 0 Å². The van der Waals surface area contributed by atoms with Gasteiger partial charge < -0.3 is 10.4 Å². The molecule has 1 aromatic carbocycles. The van der Waals surface area contributed by atoms with Gasteiger partial charge in [-0.2, -0.15) is 5.10 Å². The second kappa shape index (κ2) is 7.62. The highest BCUT2D eigenvalue weighted by Crippen LogP contribution is 2.17. The summed E-state index contributed by atoms with van der Waals surface area (Å²) in [6.07, 6.45) is -0.737. The van der Waals surface area contributed by atoms with Gasteiger partial charge in [0, 0.05) is 18.1 Å². The van der Waals surface area contributed by atoms with Crippen LogP contribution in [-0.4, -0.2) is 33.2 Å². The maximum absolute atomic E-state index is 12.4. The molecule has 0 saturated heterocycles. The monoisotopic (exact) mass is 335 g/mol. The molecular formula is C17H22ClN3O2. The molecule has 2 rings (SSSR count). The quantitative estimate of drug-likeness (QED) is 0.797. The molecule has 124 valence electrons. The number of amides is 1. The van der Waals surface area contributed by atoms with Crippen LogP contribution in [0.1, 0.15) is 39.0 Å². The lowest BCUT2D eigenvalue weighted by molar-refractivity contribution is 0.0914. The van der Waals surface area contributed by atoms with Crippen LogP contribution < -0.4 is 5.32 Å². The van der Waals surface area contributed by atoms with Crippen LogP contribution in [0.2, 0.25) is 0 Å². The van der Waals surface area contributed by atoms with Crippen molar-refractivity contribution in [2.24, 2.45) is 0 Å². The Morgan fingerprint density at radius 3 is 2.70 bits per heavy atom. The number of benzene rings is 1. The summed E-state index contributed by atoms with van der Waals surface area (Å²) in [5.41, 5.74) is 3.81. The molecule has 0 bridgehead atoms. The zero-order valence-corrected chi connectivity index (χ0v) is 14.4. The maximum Gasteiger partial charge on any atom is 0.255 e. The number of halogens is 1. The Hall–Kier alpha value is -1.85. The Kier molecular flexibility index (Phi) is 5.80. The summed E-state index contributed by atoms with van der Waals surface area (Å²) < 4.78 is 1.73. The highest BCUT2D eigenvalue weighted by atomic mass is 35.5. The molecule has 0 fully saturated rings. The highest BCUT2D eigenvalue weighted by molar-refractivity contribution is 6.17. The number of carbonyl (C=O) groups excluding carboxylic acids is 1. The molecule has 0 aliphatic heterocycles. The smallest absolute Gasteiger partial charge is 0.255 e. The van der Waals surface area contributed by atoms with Crippen molar-refractivity contribution in [2.75, 3.05) is 12.4 Å². The third kappa shape index (κ3) is 3.92. The van der Waals surface area contributed by atoms with Crippen molar-refractivity contribution >= 4 is 17.5 Å². The van der Waals surface area contributed by atoms with Gasteiger partial charge >= 0.3 is 0 Å². The van der Waals surface area contributed by atoms with E-state index < -0.39 is 6.10 Å². The van der Waals surface area contributed by atoms with E-state index >= 15 is 0 Å². The number of carbonyl (C=O) groups is 1. The average Bonchev–Trinajstić information content (AvgIpc) is 2.80. The fourth-order valence-electron chi connectivity index (χ4n) is 2.67. The van der Waals surface area contributed by atoms with Crippen molar-refractivity contribution in [1.82, 2.24) is 15.1 Å². The normalized spacial score (nSPS) is 12.2. The van der Waals surface area contributed by atoms with Crippen LogP contribution in [0.4, 0.5) is 0 Å². The van der Waals surface area contributed by atoms with Crippen molar-refractivity contribution < 1.29 is 9.90 Å². The topological polar surface area (TPSA) is 67.2 Å². The molecule has 2 N–H and O–H groups in total. The van der Waals surface area contributed by atoms with Gasteiger partial charge in [0.2, 0.25) is 0 Å². The van der Waals surface area contributed by atoms with E-state index in [1.54, 1.807) is 11.6 Å². The standard InChI is InChI=1S/C17H22ClN3O2/c1-11-6-4-5-7-14(11)15(22)10-19-17(23)16-12(2)20-21(9-8-18)13(16)3/h4-7,15,22H,8-10H2,1-3H3,(H,19,23). The van der Waals surface area contributed by atoms with E-state index in [9.17, 15) is 9.90 Å². The van der Waals surface area contributed by atoms with Crippen LogP contribution in [0, 0.1) is 20.8 Å². The molecule has 5 nitrogen and oxygen atoms in total. The Morgan fingerprint density at radius 1 is 1.35 bits per heavy atom. The molecule has 1 unspecified atom stereocenters. The van der Waals surface area contributed by atoms with Crippen LogP contribution in [0.25, 0.3) is 0 Å². The number of alkyl halides is 1. The van der Waals surface area contributed by atoms with Crippen LogP contribution in [-0.2, 0) is 6.54 Å².